The summed E-state index contributed by atoms with van der Waals surface area (Å²) in [4.78, 5) is 13.5. The Morgan fingerprint density at radius 3 is 2.67 bits per heavy atom. The molecule has 0 radical (unpaired) electrons. The van der Waals surface area contributed by atoms with Crippen LogP contribution >= 0.6 is 0 Å². The molecule has 0 unspecified atom stereocenters. The zero-order valence-corrected chi connectivity index (χ0v) is 12.8. The number of nitrogens with one attached hydrogen (secondary N) is 1. The summed E-state index contributed by atoms with van der Waals surface area (Å²) in [6.07, 6.45) is 4.90. The maximum atomic E-state index is 10.3. The summed E-state index contributed by atoms with van der Waals surface area (Å²) in [5, 5.41) is 13.5. The van der Waals surface area contributed by atoms with Crippen molar-refractivity contribution in [1.29, 1.82) is 0 Å². The Labute approximate surface area is 126 Å². The van der Waals surface area contributed by atoms with Crippen molar-refractivity contribution in [3.05, 3.63) is 12.3 Å². The fraction of sp³-hybridized carbons (Fsp3) is 0.733. The Kier molecular flexibility index (Phi) is 4.26. The minimum Gasteiger partial charge on any atom is -0.389 e. The van der Waals surface area contributed by atoms with E-state index in [1.807, 2.05) is 12.3 Å². The molecule has 116 valence electrons. The second-order valence-electron chi connectivity index (χ2n) is 6.11. The van der Waals surface area contributed by atoms with E-state index in [0.717, 1.165) is 63.9 Å². The van der Waals surface area contributed by atoms with Crippen LogP contribution in [0.15, 0.2) is 12.3 Å². The largest absolute Gasteiger partial charge is 0.389 e. The molecule has 0 amide bonds. The molecule has 2 N–H and O–H groups in total. The molecular weight excluding hydrogens is 266 g/mol. The molecule has 2 fully saturated rings. The third-order valence-corrected chi connectivity index (χ3v) is 4.46. The van der Waals surface area contributed by atoms with Gasteiger partial charge in [0.15, 0.2) is 0 Å². The summed E-state index contributed by atoms with van der Waals surface area (Å²) in [6.45, 7) is 7.53. The van der Waals surface area contributed by atoms with E-state index in [1.165, 1.54) is 6.42 Å². The van der Waals surface area contributed by atoms with Crippen LogP contribution in [0.5, 0.6) is 0 Å². The standard InChI is InChI=1S/C15H25N5O/c1-2-16-13-4-7-17-14(18-13)20-10-8-19(9-11-20)12-15(21)5-3-6-15/h4,7,21H,2-3,5-6,8-12H2,1H3,(H,16,17,18). The van der Waals surface area contributed by atoms with Gasteiger partial charge in [0, 0.05) is 45.5 Å². The highest BCUT2D eigenvalue weighted by Crippen LogP contribution is 2.32. The molecular formula is C15H25N5O. The summed E-state index contributed by atoms with van der Waals surface area (Å²) in [5.41, 5.74) is -0.413. The van der Waals surface area contributed by atoms with E-state index in [0.29, 0.717) is 0 Å². The lowest BCUT2D eigenvalue weighted by Crippen LogP contribution is -2.54. The molecule has 1 aliphatic carbocycles. The quantitative estimate of drug-likeness (QED) is 0.842. The molecule has 0 atom stereocenters. The Morgan fingerprint density at radius 2 is 2.05 bits per heavy atom. The first kappa shape index (κ1) is 14.5. The number of nitrogens with zero attached hydrogens (tertiary/aromatic N) is 4. The predicted molar refractivity (Wildman–Crippen MR) is 83.6 cm³/mol. The van der Waals surface area contributed by atoms with Crippen LogP contribution in [0, 0.1) is 0 Å². The first-order valence-corrected chi connectivity index (χ1v) is 7.95. The van der Waals surface area contributed by atoms with Crippen LogP contribution in [-0.2, 0) is 0 Å². The van der Waals surface area contributed by atoms with E-state index >= 15 is 0 Å². The highest BCUT2D eigenvalue weighted by molar-refractivity contribution is 5.41. The zero-order chi connectivity index (χ0) is 14.7. The topological polar surface area (TPSA) is 64.5 Å². The maximum absolute atomic E-state index is 10.3. The van der Waals surface area contributed by atoms with E-state index in [9.17, 15) is 5.11 Å². The third-order valence-electron chi connectivity index (χ3n) is 4.46. The van der Waals surface area contributed by atoms with E-state index in [4.69, 9.17) is 0 Å². The lowest BCUT2D eigenvalue weighted by atomic mass is 9.80. The summed E-state index contributed by atoms with van der Waals surface area (Å²) in [5.74, 6) is 1.68. The number of piperazine rings is 1. The maximum Gasteiger partial charge on any atom is 0.227 e. The van der Waals surface area contributed by atoms with Gasteiger partial charge in [-0.15, -0.1) is 0 Å². The average molecular weight is 291 g/mol. The van der Waals surface area contributed by atoms with Gasteiger partial charge in [-0.3, -0.25) is 4.90 Å². The van der Waals surface area contributed by atoms with Crippen molar-refractivity contribution in [2.24, 2.45) is 0 Å². The molecule has 6 heteroatoms. The number of aromatic nitrogens is 2. The van der Waals surface area contributed by atoms with Gasteiger partial charge in [0.05, 0.1) is 5.60 Å². The first-order valence-electron chi connectivity index (χ1n) is 7.95. The van der Waals surface area contributed by atoms with Crippen LogP contribution in [0.2, 0.25) is 0 Å². The van der Waals surface area contributed by atoms with E-state index in [-0.39, 0.29) is 0 Å². The summed E-state index contributed by atoms with van der Waals surface area (Å²) < 4.78 is 0. The summed E-state index contributed by atoms with van der Waals surface area (Å²) >= 11 is 0. The first-order chi connectivity index (χ1) is 10.2. The molecule has 21 heavy (non-hydrogen) atoms. The second-order valence-corrected chi connectivity index (χ2v) is 6.11. The monoisotopic (exact) mass is 291 g/mol. The van der Waals surface area contributed by atoms with E-state index < -0.39 is 5.60 Å². The van der Waals surface area contributed by atoms with Crippen molar-refractivity contribution in [2.45, 2.75) is 31.8 Å². The van der Waals surface area contributed by atoms with Crippen LogP contribution in [0.4, 0.5) is 11.8 Å². The molecule has 3 rings (SSSR count). The minimum absolute atomic E-state index is 0.413. The number of hydrogen-bond donors (Lipinski definition) is 2. The van der Waals surface area contributed by atoms with Crippen molar-refractivity contribution in [3.63, 3.8) is 0 Å². The molecule has 1 aliphatic heterocycles. The predicted octanol–water partition coefficient (Wildman–Crippen LogP) is 0.945. The molecule has 2 heterocycles. The molecule has 0 spiro atoms. The fourth-order valence-corrected chi connectivity index (χ4v) is 3.05. The average Bonchev–Trinajstić information content (AvgIpc) is 2.47. The molecule has 6 nitrogen and oxygen atoms in total. The highest BCUT2D eigenvalue weighted by atomic mass is 16.3. The van der Waals surface area contributed by atoms with E-state index in [2.05, 4.69) is 32.0 Å². The number of β-amino-alcohol motifs (C(OH)–C–C–N with tert-alkyl or cyclic N) is 1. The summed E-state index contributed by atoms with van der Waals surface area (Å²) in [7, 11) is 0. The molecule has 1 aromatic rings. The Hall–Kier alpha value is -1.40. The number of hydrogen-bond acceptors (Lipinski definition) is 6. The summed E-state index contributed by atoms with van der Waals surface area (Å²) in [6, 6.07) is 1.90. The minimum atomic E-state index is -0.413. The SMILES string of the molecule is CCNc1ccnc(N2CCN(CC3(O)CCC3)CC2)n1. The van der Waals surface area contributed by atoms with Gasteiger partial charge < -0.3 is 15.3 Å². The Bertz CT molecular complexity index is 469. The van der Waals surface area contributed by atoms with Crippen molar-refractivity contribution in [1.82, 2.24) is 14.9 Å². The van der Waals surface area contributed by atoms with Gasteiger partial charge >= 0.3 is 0 Å². The van der Waals surface area contributed by atoms with Crippen molar-refractivity contribution in [3.8, 4) is 0 Å². The van der Waals surface area contributed by atoms with Gasteiger partial charge in [-0.2, -0.15) is 4.98 Å². The highest BCUT2D eigenvalue weighted by Gasteiger charge is 2.36. The third kappa shape index (κ3) is 3.44. The van der Waals surface area contributed by atoms with Gasteiger partial charge in [0.1, 0.15) is 5.82 Å². The lowest BCUT2D eigenvalue weighted by Gasteiger charge is -2.43. The smallest absolute Gasteiger partial charge is 0.227 e. The van der Waals surface area contributed by atoms with Gasteiger partial charge in [-0.1, -0.05) is 0 Å². The van der Waals surface area contributed by atoms with Crippen molar-refractivity contribution < 1.29 is 5.11 Å². The van der Waals surface area contributed by atoms with Crippen LogP contribution in [0.1, 0.15) is 26.2 Å². The fourth-order valence-electron chi connectivity index (χ4n) is 3.05. The molecule has 1 saturated carbocycles. The van der Waals surface area contributed by atoms with Crippen LogP contribution in [0.25, 0.3) is 0 Å². The normalized spacial score (nSPS) is 21.9. The van der Waals surface area contributed by atoms with E-state index in [1.54, 1.807) is 0 Å². The molecule has 1 aromatic heterocycles. The Balaban J connectivity index is 1.54. The van der Waals surface area contributed by atoms with Crippen LogP contribution < -0.4 is 10.2 Å². The second kappa shape index (κ2) is 6.15. The Morgan fingerprint density at radius 1 is 1.29 bits per heavy atom. The van der Waals surface area contributed by atoms with Crippen LogP contribution in [-0.4, -0.2) is 64.8 Å². The van der Waals surface area contributed by atoms with Crippen molar-refractivity contribution >= 4 is 11.8 Å². The molecule has 2 aliphatic rings. The number of aliphatic hydroxyl groups is 1. The van der Waals surface area contributed by atoms with Gasteiger partial charge in [0.2, 0.25) is 5.95 Å². The molecule has 1 saturated heterocycles. The lowest BCUT2D eigenvalue weighted by molar-refractivity contribution is -0.0594. The van der Waals surface area contributed by atoms with Gasteiger partial charge in [-0.25, -0.2) is 4.98 Å². The van der Waals surface area contributed by atoms with Crippen molar-refractivity contribution in [2.75, 3.05) is 49.5 Å². The van der Waals surface area contributed by atoms with Gasteiger partial charge in [-0.05, 0) is 32.3 Å². The number of rotatable bonds is 5. The van der Waals surface area contributed by atoms with Crippen LogP contribution in [0.3, 0.4) is 0 Å². The zero-order valence-electron chi connectivity index (χ0n) is 12.8. The molecule has 0 bridgehead atoms. The molecule has 0 aromatic carbocycles. The number of anilines is 2. The van der Waals surface area contributed by atoms with Gasteiger partial charge in [0.25, 0.3) is 0 Å².